The van der Waals surface area contributed by atoms with E-state index >= 15 is 0 Å². The van der Waals surface area contributed by atoms with Gasteiger partial charge in [0, 0.05) is 9.90 Å². The maximum absolute atomic E-state index is 0. The molecule has 0 bridgehead atoms. The van der Waals surface area contributed by atoms with E-state index in [0.717, 1.165) is 0 Å². The lowest BCUT2D eigenvalue weighted by atomic mass is 31.0. The lowest BCUT2D eigenvalue weighted by molar-refractivity contribution is 6.92. The van der Waals surface area contributed by atoms with Gasteiger partial charge in [0.2, 0.25) is 0 Å². The highest BCUT2D eigenvalue weighted by atomic mass is 127. The lowest BCUT2D eigenvalue weighted by Gasteiger charge is -0.108. The largest absolute Gasteiger partial charge is 0.107 e. The minimum atomic E-state index is 0. The summed E-state index contributed by atoms with van der Waals surface area (Å²) in [6.07, 6.45) is 0. The van der Waals surface area contributed by atoms with Crippen molar-refractivity contribution >= 4 is 81.8 Å². The standard InChI is InChI=1S/3HI.P/h3*1H;. The Hall–Kier alpha value is 2.62. The Morgan fingerprint density at radius 2 is 0.500 bits per heavy atom. The SMILES string of the molecule is I.I.I.[P]. The zero-order valence-electron chi connectivity index (χ0n) is 1.67. The topological polar surface area (TPSA) is 0 Å². The Morgan fingerprint density at radius 1 is 0.500 bits per heavy atom. The average Bonchev–Trinajstić information content (AvgIpc) is 0. The normalized spacial score (nSPS) is 0. The molecule has 0 unspecified atom stereocenters. The Bertz CT molecular complexity index is 3.25. The van der Waals surface area contributed by atoms with Gasteiger partial charge in [-0.05, 0) is 0 Å². The molecule has 0 saturated carbocycles. The summed E-state index contributed by atoms with van der Waals surface area (Å²) in [6, 6.07) is 0. The summed E-state index contributed by atoms with van der Waals surface area (Å²) in [6.45, 7) is 0. The summed E-state index contributed by atoms with van der Waals surface area (Å²) in [5.41, 5.74) is 0. The van der Waals surface area contributed by atoms with Gasteiger partial charge in [-0.3, -0.25) is 0 Å². The second-order valence-electron chi connectivity index (χ2n) is 0. The molecule has 4 heavy (non-hydrogen) atoms. The minimum Gasteiger partial charge on any atom is -0.107 e. The number of rotatable bonds is 0. The van der Waals surface area contributed by atoms with Crippen LogP contribution in [0, 0.1) is 0 Å². The van der Waals surface area contributed by atoms with Crippen LogP contribution in [0.25, 0.3) is 0 Å². The summed E-state index contributed by atoms with van der Waals surface area (Å²) in [4.78, 5) is 0. The highest BCUT2D eigenvalue weighted by molar-refractivity contribution is 14.0. The van der Waals surface area contributed by atoms with Gasteiger partial charge in [-0.15, -0.1) is 71.9 Å². The van der Waals surface area contributed by atoms with E-state index < -0.39 is 0 Å². The van der Waals surface area contributed by atoms with Crippen LogP contribution < -0.4 is 0 Å². The predicted octanol–water partition coefficient (Wildman–Crippen LogP) is 2.72. The molecule has 0 amide bonds. The summed E-state index contributed by atoms with van der Waals surface area (Å²) < 4.78 is 0. The predicted molar refractivity (Wildman–Crippen MR) is 53.2 cm³/mol. The van der Waals surface area contributed by atoms with Crippen LogP contribution in [-0.2, 0) is 0 Å². The molecule has 0 aliphatic heterocycles. The fourth-order valence-electron chi connectivity index (χ4n) is 0. The molecule has 0 saturated heterocycles. The van der Waals surface area contributed by atoms with Crippen LogP contribution in [-0.4, -0.2) is 0 Å². The molecule has 0 atom stereocenters. The third-order valence-corrected chi connectivity index (χ3v) is 0. The van der Waals surface area contributed by atoms with E-state index in [0.29, 0.717) is 0 Å². The Balaban J connectivity index is 0. The Morgan fingerprint density at radius 3 is 0.500 bits per heavy atom. The molecule has 0 heterocycles. The molecule has 0 aromatic rings. The smallest absolute Gasteiger partial charge is 0 e. The van der Waals surface area contributed by atoms with E-state index in [1.54, 1.807) is 0 Å². The van der Waals surface area contributed by atoms with E-state index in [1.807, 2.05) is 0 Å². The van der Waals surface area contributed by atoms with Crippen LogP contribution in [0.1, 0.15) is 0 Å². The zero-order valence-corrected chi connectivity index (χ0v) is 9.56. The van der Waals surface area contributed by atoms with Gasteiger partial charge in [0.25, 0.3) is 0 Å². The summed E-state index contributed by atoms with van der Waals surface area (Å²) in [7, 11) is 0. The molecule has 0 rings (SSSR count). The van der Waals surface area contributed by atoms with Crippen molar-refractivity contribution < 1.29 is 0 Å². The second kappa shape index (κ2) is 17.5. The summed E-state index contributed by atoms with van der Waals surface area (Å²) in [5.74, 6) is 0. The third-order valence-electron chi connectivity index (χ3n) is 0. The molecule has 0 N–H and O–H groups in total. The minimum absolute atomic E-state index is 0. The molecule has 0 aliphatic carbocycles. The van der Waals surface area contributed by atoms with Crippen molar-refractivity contribution in [3.63, 3.8) is 0 Å². The fraction of sp³-hybridized carbons (Fsp3) is 0. The molecule has 0 aliphatic rings. The van der Waals surface area contributed by atoms with Gasteiger partial charge in [-0.25, -0.2) is 0 Å². The maximum atomic E-state index is 0. The van der Waals surface area contributed by atoms with Crippen molar-refractivity contribution in [1.82, 2.24) is 0 Å². The molecule has 3 radical (unpaired) electrons. The van der Waals surface area contributed by atoms with Crippen LogP contribution >= 0.6 is 81.8 Å². The number of halogens is 3. The Labute approximate surface area is 80.6 Å². The van der Waals surface area contributed by atoms with Crippen molar-refractivity contribution in [2.45, 2.75) is 0 Å². The molecular weight excluding hydrogens is 412 g/mol. The highest BCUT2D eigenvalue weighted by Gasteiger charge is 0.0000284. The van der Waals surface area contributed by atoms with Gasteiger partial charge >= 0.3 is 0 Å². The monoisotopic (exact) mass is 415 g/mol. The lowest BCUT2D eigenvalue weighted by Crippen LogP contribution is 0.861. The van der Waals surface area contributed by atoms with Gasteiger partial charge in [0.15, 0.2) is 0 Å². The molecule has 4 heteroatoms. The summed E-state index contributed by atoms with van der Waals surface area (Å²) >= 11 is 0. The van der Waals surface area contributed by atoms with Crippen LogP contribution in [0.5, 0.6) is 0 Å². The second-order valence-corrected chi connectivity index (χ2v) is 0. The molecule has 0 nitrogen and oxygen atoms in total. The summed E-state index contributed by atoms with van der Waals surface area (Å²) in [5, 5.41) is 0. The van der Waals surface area contributed by atoms with Gasteiger partial charge in [-0.2, -0.15) is 0 Å². The van der Waals surface area contributed by atoms with Gasteiger partial charge < -0.3 is 0 Å². The van der Waals surface area contributed by atoms with Crippen molar-refractivity contribution in [3.05, 3.63) is 0 Å². The van der Waals surface area contributed by atoms with Crippen LogP contribution in [0.15, 0.2) is 0 Å². The fourth-order valence-corrected chi connectivity index (χ4v) is 0. The van der Waals surface area contributed by atoms with E-state index in [-0.39, 0.29) is 81.8 Å². The molecular formula is H3I3P. The molecule has 0 spiro atoms. The van der Waals surface area contributed by atoms with E-state index in [1.165, 1.54) is 0 Å². The number of hydrogen-bond donors (Lipinski definition) is 0. The third kappa shape index (κ3) is 8.82. The van der Waals surface area contributed by atoms with E-state index in [2.05, 4.69) is 0 Å². The first-order valence-electron chi connectivity index (χ1n) is 0. The van der Waals surface area contributed by atoms with Crippen molar-refractivity contribution in [3.8, 4) is 0 Å². The van der Waals surface area contributed by atoms with Crippen LogP contribution in [0.4, 0.5) is 0 Å². The average molecular weight is 415 g/mol. The first kappa shape index (κ1) is 30.5. The maximum Gasteiger partial charge on any atom is 0 e. The van der Waals surface area contributed by atoms with Gasteiger partial charge in [-0.1, -0.05) is 0 Å². The zero-order chi connectivity index (χ0) is 0. The van der Waals surface area contributed by atoms with E-state index in [4.69, 9.17) is 0 Å². The van der Waals surface area contributed by atoms with Gasteiger partial charge in [0.05, 0.1) is 0 Å². The first-order chi connectivity index (χ1) is 0. The van der Waals surface area contributed by atoms with Crippen LogP contribution in [0.3, 0.4) is 0 Å². The van der Waals surface area contributed by atoms with Gasteiger partial charge in [0.1, 0.15) is 0 Å². The van der Waals surface area contributed by atoms with Crippen LogP contribution in [0.2, 0.25) is 0 Å². The first-order valence-corrected chi connectivity index (χ1v) is 0. The van der Waals surface area contributed by atoms with Crippen molar-refractivity contribution in [2.24, 2.45) is 0 Å². The molecule has 0 fully saturated rings. The van der Waals surface area contributed by atoms with E-state index in [9.17, 15) is 0 Å². The van der Waals surface area contributed by atoms with Crippen molar-refractivity contribution in [2.75, 3.05) is 0 Å². The Kier molecular flexibility index (Phi) is 133. The highest BCUT2D eigenvalue weighted by Crippen LogP contribution is 0.888. The van der Waals surface area contributed by atoms with Crippen molar-refractivity contribution in [1.29, 1.82) is 0 Å². The number of hydrogen-bond acceptors (Lipinski definition) is 0. The molecule has 29 valence electrons. The quantitative estimate of drug-likeness (QED) is 0.422. The molecule has 0 aromatic heterocycles. The molecule has 0 aromatic carbocycles.